The Balaban J connectivity index is 2.37. The third kappa shape index (κ3) is 2.50. The van der Waals surface area contributed by atoms with Crippen molar-refractivity contribution in [3.8, 4) is 0 Å². The van der Waals surface area contributed by atoms with E-state index >= 15 is 0 Å². The molecule has 1 aromatic rings. The molecule has 1 saturated heterocycles. The highest BCUT2D eigenvalue weighted by molar-refractivity contribution is 7.99. The van der Waals surface area contributed by atoms with Gasteiger partial charge in [0.25, 0.3) is 0 Å². The van der Waals surface area contributed by atoms with Crippen molar-refractivity contribution in [2.24, 2.45) is 10.9 Å². The molecule has 2 rings (SSSR count). The number of halogens is 2. The van der Waals surface area contributed by atoms with Gasteiger partial charge in [-0.3, -0.25) is 0 Å². The molecule has 1 aliphatic heterocycles. The van der Waals surface area contributed by atoms with E-state index in [0.717, 1.165) is 23.6 Å². The molecule has 0 aromatic heterocycles. The topological polar surface area (TPSA) is 61.9 Å². The van der Waals surface area contributed by atoms with Gasteiger partial charge in [-0.05, 0) is 12.1 Å². The Morgan fingerprint density at radius 3 is 2.33 bits per heavy atom. The molecule has 0 saturated carbocycles. The lowest BCUT2D eigenvalue weighted by molar-refractivity contribution is 0.318. The highest BCUT2D eigenvalue weighted by atomic mass is 32.2. The lowest BCUT2D eigenvalue weighted by atomic mass is 10.1. The Labute approximate surface area is 107 Å². The fourth-order valence-corrected chi connectivity index (χ4v) is 2.76. The Hall–Kier alpha value is -1.50. The predicted octanol–water partition coefficient (Wildman–Crippen LogP) is 1.61. The summed E-state index contributed by atoms with van der Waals surface area (Å²) in [7, 11) is 0. The Morgan fingerprint density at radius 2 is 1.83 bits per heavy atom. The van der Waals surface area contributed by atoms with Crippen molar-refractivity contribution in [1.29, 1.82) is 0 Å². The maximum atomic E-state index is 13.9. The molecule has 1 fully saturated rings. The van der Waals surface area contributed by atoms with Gasteiger partial charge in [0, 0.05) is 30.2 Å². The summed E-state index contributed by atoms with van der Waals surface area (Å²) in [5, 5.41) is 11.2. The zero-order valence-electron chi connectivity index (χ0n) is 9.57. The van der Waals surface area contributed by atoms with Crippen LogP contribution in [0.3, 0.4) is 0 Å². The zero-order valence-corrected chi connectivity index (χ0v) is 10.4. The number of nitrogens with two attached hydrogens (primary N) is 1. The van der Waals surface area contributed by atoms with Crippen LogP contribution in [-0.4, -0.2) is 35.6 Å². The van der Waals surface area contributed by atoms with Gasteiger partial charge in [-0.25, -0.2) is 8.78 Å². The van der Waals surface area contributed by atoms with Crippen LogP contribution < -0.4 is 10.6 Å². The molecule has 0 atom stereocenters. The third-order valence-corrected chi connectivity index (χ3v) is 3.69. The van der Waals surface area contributed by atoms with E-state index < -0.39 is 11.6 Å². The molecule has 1 heterocycles. The van der Waals surface area contributed by atoms with Gasteiger partial charge in [0.2, 0.25) is 0 Å². The highest BCUT2D eigenvalue weighted by Gasteiger charge is 2.20. The molecule has 98 valence electrons. The van der Waals surface area contributed by atoms with Gasteiger partial charge in [0.05, 0.1) is 0 Å². The quantitative estimate of drug-likeness (QED) is 0.372. The molecule has 4 nitrogen and oxygen atoms in total. The summed E-state index contributed by atoms with van der Waals surface area (Å²) in [6, 6.07) is 2.16. The molecule has 18 heavy (non-hydrogen) atoms. The van der Waals surface area contributed by atoms with Gasteiger partial charge in [-0.1, -0.05) is 5.16 Å². The second kappa shape index (κ2) is 5.43. The van der Waals surface area contributed by atoms with Crippen molar-refractivity contribution in [1.82, 2.24) is 0 Å². The molecular formula is C11H13F2N3OS. The van der Waals surface area contributed by atoms with Crippen molar-refractivity contribution in [3.05, 3.63) is 29.3 Å². The minimum Gasteiger partial charge on any atom is -0.409 e. The summed E-state index contributed by atoms with van der Waals surface area (Å²) in [5.74, 6) is 0.00223. The van der Waals surface area contributed by atoms with Gasteiger partial charge in [0.15, 0.2) is 5.84 Å². The summed E-state index contributed by atoms with van der Waals surface area (Å²) in [5.41, 5.74) is 5.30. The van der Waals surface area contributed by atoms with E-state index in [-0.39, 0.29) is 17.1 Å². The number of hydrogen-bond donors (Lipinski definition) is 2. The largest absolute Gasteiger partial charge is 0.409 e. The highest BCUT2D eigenvalue weighted by Crippen LogP contribution is 2.27. The van der Waals surface area contributed by atoms with E-state index in [1.807, 2.05) is 0 Å². The molecule has 7 heteroatoms. The van der Waals surface area contributed by atoms with E-state index in [4.69, 9.17) is 10.9 Å². The van der Waals surface area contributed by atoms with Crippen LogP contribution in [0.25, 0.3) is 0 Å². The lowest BCUT2D eigenvalue weighted by Crippen LogP contribution is -2.34. The van der Waals surface area contributed by atoms with Gasteiger partial charge in [-0.2, -0.15) is 11.8 Å². The number of amidine groups is 1. The van der Waals surface area contributed by atoms with Crippen LogP contribution in [0.4, 0.5) is 14.5 Å². The average molecular weight is 273 g/mol. The fourth-order valence-electron chi connectivity index (χ4n) is 1.86. The average Bonchev–Trinajstić information content (AvgIpc) is 2.38. The molecule has 0 unspecified atom stereocenters. The molecule has 1 aliphatic rings. The van der Waals surface area contributed by atoms with Gasteiger partial charge in [-0.15, -0.1) is 0 Å². The molecule has 0 aliphatic carbocycles. The van der Waals surface area contributed by atoms with Crippen LogP contribution in [0.2, 0.25) is 0 Å². The number of hydrogen-bond acceptors (Lipinski definition) is 4. The summed E-state index contributed by atoms with van der Waals surface area (Å²) >= 11 is 1.76. The Bertz CT molecular complexity index is 452. The van der Waals surface area contributed by atoms with Crippen molar-refractivity contribution in [2.45, 2.75) is 0 Å². The minimum atomic E-state index is -0.691. The van der Waals surface area contributed by atoms with Crippen molar-refractivity contribution in [2.75, 3.05) is 29.5 Å². The number of anilines is 1. The lowest BCUT2D eigenvalue weighted by Gasteiger charge is -2.29. The second-order valence-electron chi connectivity index (χ2n) is 3.87. The molecule has 0 bridgehead atoms. The first kappa shape index (κ1) is 12.9. The van der Waals surface area contributed by atoms with Gasteiger partial charge in [0.1, 0.15) is 17.3 Å². The minimum absolute atomic E-state index is 0.0302. The van der Waals surface area contributed by atoms with Crippen molar-refractivity contribution < 1.29 is 14.0 Å². The number of rotatable bonds is 2. The van der Waals surface area contributed by atoms with Gasteiger partial charge >= 0.3 is 0 Å². The number of oxime groups is 1. The van der Waals surface area contributed by atoms with Crippen LogP contribution in [0.5, 0.6) is 0 Å². The molecule has 1 aromatic carbocycles. The summed E-state index contributed by atoms with van der Waals surface area (Å²) in [6.45, 7) is 1.23. The smallest absolute Gasteiger partial charge is 0.170 e. The second-order valence-corrected chi connectivity index (χ2v) is 5.10. The molecule has 0 spiro atoms. The van der Waals surface area contributed by atoms with E-state index in [2.05, 4.69) is 5.16 Å². The maximum absolute atomic E-state index is 13.9. The number of thioether (sulfide) groups is 1. The van der Waals surface area contributed by atoms with Crippen LogP contribution in [0.15, 0.2) is 17.3 Å². The molecule has 0 amide bonds. The maximum Gasteiger partial charge on any atom is 0.170 e. The molecular weight excluding hydrogens is 260 g/mol. The van der Waals surface area contributed by atoms with E-state index in [9.17, 15) is 8.78 Å². The fraction of sp³-hybridized carbons (Fsp3) is 0.364. The van der Waals surface area contributed by atoms with E-state index in [0.29, 0.717) is 13.1 Å². The SMILES string of the molecule is N/C(=N/O)c1cc(F)c(N2CCSCC2)c(F)c1. The van der Waals surface area contributed by atoms with Crippen molar-refractivity contribution >= 4 is 23.3 Å². The molecule has 0 radical (unpaired) electrons. The standard InChI is InChI=1S/C11H13F2N3OS/c12-8-5-7(11(14)15-17)6-9(13)10(8)16-1-3-18-4-2-16/h5-6,17H,1-4H2,(H2,14,15). The van der Waals surface area contributed by atoms with Crippen LogP contribution in [-0.2, 0) is 0 Å². The zero-order chi connectivity index (χ0) is 13.1. The van der Waals surface area contributed by atoms with Gasteiger partial charge < -0.3 is 15.8 Å². The van der Waals surface area contributed by atoms with E-state index in [1.165, 1.54) is 0 Å². The first-order valence-electron chi connectivity index (χ1n) is 5.43. The van der Waals surface area contributed by atoms with Crippen LogP contribution in [0, 0.1) is 11.6 Å². The van der Waals surface area contributed by atoms with E-state index in [1.54, 1.807) is 16.7 Å². The van der Waals surface area contributed by atoms with Crippen molar-refractivity contribution in [3.63, 3.8) is 0 Å². The first-order valence-corrected chi connectivity index (χ1v) is 6.58. The Kier molecular flexibility index (Phi) is 3.90. The number of nitrogens with zero attached hydrogens (tertiary/aromatic N) is 2. The van der Waals surface area contributed by atoms with Crippen LogP contribution >= 0.6 is 11.8 Å². The third-order valence-electron chi connectivity index (χ3n) is 2.75. The molecule has 3 N–H and O–H groups in total. The normalized spacial score (nSPS) is 17.0. The van der Waals surface area contributed by atoms with Crippen LogP contribution in [0.1, 0.15) is 5.56 Å². The predicted molar refractivity (Wildman–Crippen MR) is 68.4 cm³/mol. The first-order chi connectivity index (χ1) is 8.63. The summed E-state index contributed by atoms with van der Waals surface area (Å²) < 4.78 is 27.8. The number of benzene rings is 1. The Morgan fingerprint density at radius 1 is 1.28 bits per heavy atom. The summed E-state index contributed by atoms with van der Waals surface area (Å²) in [6.07, 6.45) is 0. The monoisotopic (exact) mass is 273 g/mol. The summed E-state index contributed by atoms with van der Waals surface area (Å²) in [4.78, 5) is 1.68.